The molecule has 0 bridgehead atoms. The quantitative estimate of drug-likeness (QED) is 0.874. The van der Waals surface area contributed by atoms with Gasteiger partial charge < -0.3 is 14.4 Å². The van der Waals surface area contributed by atoms with E-state index in [4.69, 9.17) is 4.42 Å². The molecular formula is C15H25NO2. The highest BCUT2D eigenvalue weighted by atomic mass is 16.3. The SMILES string of the molecule is Cc1ccc(CCN(C)CC2CCC(O)CC2)o1. The molecule has 1 heterocycles. The van der Waals surface area contributed by atoms with Crippen LogP contribution in [0.1, 0.15) is 37.2 Å². The molecule has 0 saturated heterocycles. The lowest BCUT2D eigenvalue weighted by molar-refractivity contribution is 0.0976. The van der Waals surface area contributed by atoms with Crippen LogP contribution in [0.4, 0.5) is 0 Å². The highest BCUT2D eigenvalue weighted by Gasteiger charge is 2.20. The van der Waals surface area contributed by atoms with E-state index in [9.17, 15) is 5.11 Å². The predicted octanol–water partition coefficient (Wildman–Crippen LogP) is 2.61. The van der Waals surface area contributed by atoms with Crippen molar-refractivity contribution >= 4 is 0 Å². The van der Waals surface area contributed by atoms with Gasteiger partial charge >= 0.3 is 0 Å². The van der Waals surface area contributed by atoms with E-state index in [0.717, 1.165) is 49.8 Å². The van der Waals surface area contributed by atoms with Gasteiger partial charge in [0.05, 0.1) is 6.10 Å². The molecule has 0 unspecified atom stereocenters. The monoisotopic (exact) mass is 251 g/mol. The third kappa shape index (κ3) is 4.14. The molecule has 0 aromatic carbocycles. The Balaban J connectivity index is 1.67. The number of nitrogens with zero attached hydrogens (tertiary/aromatic N) is 1. The van der Waals surface area contributed by atoms with Crippen LogP contribution in [0.15, 0.2) is 16.5 Å². The first-order chi connectivity index (χ1) is 8.63. The van der Waals surface area contributed by atoms with Gasteiger partial charge in [0.1, 0.15) is 11.5 Å². The summed E-state index contributed by atoms with van der Waals surface area (Å²) in [5.41, 5.74) is 0. The molecule has 0 radical (unpaired) electrons. The summed E-state index contributed by atoms with van der Waals surface area (Å²) in [6, 6.07) is 4.10. The zero-order valence-corrected chi connectivity index (χ0v) is 11.6. The van der Waals surface area contributed by atoms with Gasteiger partial charge in [0.15, 0.2) is 0 Å². The van der Waals surface area contributed by atoms with Gasteiger partial charge in [-0.15, -0.1) is 0 Å². The molecule has 1 aliphatic carbocycles. The van der Waals surface area contributed by atoms with Crippen molar-refractivity contribution < 1.29 is 9.52 Å². The molecule has 18 heavy (non-hydrogen) atoms. The number of aliphatic hydroxyl groups is 1. The normalized spacial score (nSPS) is 24.7. The van der Waals surface area contributed by atoms with E-state index in [-0.39, 0.29) is 6.10 Å². The molecule has 0 atom stereocenters. The average molecular weight is 251 g/mol. The Labute approximate surface area is 110 Å². The van der Waals surface area contributed by atoms with E-state index >= 15 is 0 Å². The lowest BCUT2D eigenvalue weighted by Gasteiger charge is -2.29. The first-order valence-electron chi connectivity index (χ1n) is 7.05. The van der Waals surface area contributed by atoms with Crippen LogP contribution in [0.25, 0.3) is 0 Å². The first kappa shape index (κ1) is 13.6. The average Bonchev–Trinajstić information content (AvgIpc) is 2.76. The zero-order chi connectivity index (χ0) is 13.0. The molecule has 1 N–H and O–H groups in total. The summed E-state index contributed by atoms with van der Waals surface area (Å²) >= 11 is 0. The predicted molar refractivity (Wildman–Crippen MR) is 72.6 cm³/mol. The van der Waals surface area contributed by atoms with Crippen molar-refractivity contribution in [2.24, 2.45) is 5.92 Å². The van der Waals surface area contributed by atoms with Crippen LogP contribution in [-0.4, -0.2) is 36.2 Å². The number of likely N-dealkylation sites (N-methyl/N-ethyl adjacent to an activating group) is 1. The number of aryl methyl sites for hydroxylation is 1. The van der Waals surface area contributed by atoms with Gasteiger partial charge in [-0.2, -0.15) is 0 Å². The lowest BCUT2D eigenvalue weighted by atomic mass is 9.87. The third-order valence-corrected chi connectivity index (χ3v) is 3.92. The number of hydrogen-bond acceptors (Lipinski definition) is 3. The van der Waals surface area contributed by atoms with E-state index in [1.807, 2.05) is 13.0 Å². The van der Waals surface area contributed by atoms with Gasteiger partial charge in [-0.05, 0) is 57.7 Å². The fraction of sp³-hybridized carbons (Fsp3) is 0.733. The van der Waals surface area contributed by atoms with Crippen LogP contribution in [0.3, 0.4) is 0 Å². The minimum atomic E-state index is -0.0438. The summed E-state index contributed by atoms with van der Waals surface area (Å²) in [6.45, 7) is 4.18. The van der Waals surface area contributed by atoms with Crippen molar-refractivity contribution in [2.45, 2.75) is 45.1 Å². The van der Waals surface area contributed by atoms with Crippen molar-refractivity contribution in [1.29, 1.82) is 0 Å². The van der Waals surface area contributed by atoms with Gasteiger partial charge in [0, 0.05) is 19.5 Å². The molecular weight excluding hydrogens is 226 g/mol. The molecule has 2 rings (SSSR count). The number of rotatable bonds is 5. The summed E-state index contributed by atoms with van der Waals surface area (Å²) in [6.07, 6.45) is 5.25. The minimum absolute atomic E-state index is 0.0438. The van der Waals surface area contributed by atoms with Crippen molar-refractivity contribution in [2.75, 3.05) is 20.1 Å². The highest BCUT2D eigenvalue weighted by molar-refractivity contribution is 5.05. The van der Waals surface area contributed by atoms with E-state index in [0.29, 0.717) is 0 Å². The Morgan fingerprint density at radius 3 is 2.61 bits per heavy atom. The molecule has 0 spiro atoms. The molecule has 1 aromatic heterocycles. The fourth-order valence-electron chi connectivity index (χ4n) is 2.78. The molecule has 1 aliphatic rings. The number of aliphatic hydroxyl groups excluding tert-OH is 1. The maximum atomic E-state index is 9.49. The summed E-state index contributed by atoms with van der Waals surface area (Å²) in [5.74, 6) is 2.84. The Hall–Kier alpha value is -0.800. The number of hydrogen-bond donors (Lipinski definition) is 1. The zero-order valence-electron chi connectivity index (χ0n) is 11.6. The Morgan fingerprint density at radius 2 is 2.00 bits per heavy atom. The number of furan rings is 1. The van der Waals surface area contributed by atoms with Gasteiger partial charge in [0.2, 0.25) is 0 Å². The van der Waals surface area contributed by atoms with E-state index in [1.54, 1.807) is 0 Å². The van der Waals surface area contributed by atoms with Crippen molar-refractivity contribution in [3.63, 3.8) is 0 Å². The smallest absolute Gasteiger partial charge is 0.105 e. The summed E-state index contributed by atoms with van der Waals surface area (Å²) < 4.78 is 5.58. The molecule has 0 aliphatic heterocycles. The third-order valence-electron chi connectivity index (χ3n) is 3.92. The first-order valence-corrected chi connectivity index (χ1v) is 7.05. The Morgan fingerprint density at radius 1 is 1.28 bits per heavy atom. The minimum Gasteiger partial charge on any atom is -0.466 e. The molecule has 0 amide bonds. The molecule has 1 aromatic rings. The summed E-state index contributed by atoms with van der Waals surface area (Å²) in [5, 5.41) is 9.49. The second-order valence-corrected chi connectivity index (χ2v) is 5.70. The Bertz CT molecular complexity index is 353. The highest BCUT2D eigenvalue weighted by Crippen LogP contribution is 2.24. The standard InChI is InChI=1S/C15H25NO2/c1-12-3-8-15(18-12)9-10-16(2)11-13-4-6-14(17)7-5-13/h3,8,13-14,17H,4-7,9-11H2,1-2H3. The summed E-state index contributed by atoms with van der Waals surface area (Å²) in [7, 11) is 2.18. The van der Waals surface area contributed by atoms with Crippen LogP contribution < -0.4 is 0 Å². The van der Waals surface area contributed by atoms with Crippen LogP contribution in [0.5, 0.6) is 0 Å². The fourth-order valence-corrected chi connectivity index (χ4v) is 2.78. The van der Waals surface area contributed by atoms with Crippen LogP contribution in [0, 0.1) is 12.8 Å². The molecule has 102 valence electrons. The second-order valence-electron chi connectivity index (χ2n) is 5.70. The van der Waals surface area contributed by atoms with Crippen molar-refractivity contribution in [1.82, 2.24) is 4.90 Å². The molecule has 3 heteroatoms. The van der Waals surface area contributed by atoms with E-state index in [1.165, 1.54) is 12.8 Å². The van der Waals surface area contributed by atoms with Crippen LogP contribution >= 0.6 is 0 Å². The van der Waals surface area contributed by atoms with Gasteiger partial charge in [-0.3, -0.25) is 0 Å². The lowest BCUT2D eigenvalue weighted by Crippen LogP contribution is -2.31. The van der Waals surface area contributed by atoms with Crippen LogP contribution in [-0.2, 0) is 6.42 Å². The van der Waals surface area contributed by atoms with Gasteiger partial charge in [-0.1, -0.05) is 0 Å². The summed E-state index contributed by atoms with van der Waals surface area (Å²) in [4.78, 5) is 2.39. The van der Waals surface area contributed by atoms with Crippen molar-refractivity contribution in [3.05, 3.63) is 23.7 Å². The maximum absolute atomic E-state index is 9.49. The largest absolute Gasteiger partial charge is 0.466 e. The Kier molecular flexibility index (Phi) is 4.84. The maximum Gasteiger partial charge on any atom is 0.105 e. The van der Waals surface area contributed by atoms with E-state index < -0.39 is 0 Å². The van der Waals surface area contributed by atoms with E-state index in [2.05, 4.69) is 18.0 Å². The van der Waals surface area contributed by atoms with Gasteiger partial charge in [0.25, 0.3) is 0 Å². The molecule has 3 nitrogen and oxygen atoms in total. The molecule has 1 fully saturated rings. The second kappa shape index (κ2) is 6.39. The molecule has 1 saturated carbocycles. The topological polar surface area (TPSA) is 36.6 Å². The van der Waals surface area contributed by atoms with Crippen LogP contribution in [0.2, 0.25) is 0 Å². The van der Waals surface area contributed by atoms with Crippen molar-refractivity contribution in [3.8, 4) is 0 Å². The van der Waals surface area contributed by atoms with Gasteiger partial charge in [-0.25, -0.2) is 0 Å².